The normalized spacial score (nSPS) is 17.4. The average molecular weight is 288 g/mol. The van der Waals surface area contributed by atoms with Crippen LogP contribution in [0.15, 0.2) is 71.7 Å². The van der Waals surface area contributed by atoms with Gasteiger partial charge < -0.3 is 4.74 Å². The standard InChI is InChI=1S/C18H12N2O2/c21-18-16(20-17(22-18)13-7-2-1-3-8-13)15-11-10-12-6-4-5-9-14(12)19-15/h1-11,16H. The minimum atomic E-state index is -0.695. The summed E-state index contributed by atoms with van der Waals surface area (Å²) in [4.78, 5) is 21.0. The van der Waals surface area contributed by atoms with Crippen molar-refractivity contribution in [3.63, 3.8) is 0 Å². The van der Waals surface area contributed by atoms with Crippen LogP contribution in [0.3, 0.4) is 0 Å². The lowest BCUT2D eigenvalue weighted by Crippen LogP contribution is -2.10. The molecule has 3 aromatic rings. The maximum Gasteiger partial charge on any atom is 0.344 e. The number of esters is 1. The van der Waals surface area contributed by atoms with Gasteiger partial charge in [0.1, 0.15) is 0 Å². The Kier molecular flexibility index (Phi) is 2.93. The highest BCUT2D eigenvalue weighted by molar-refractivity contribution is 6.06. The summed E-state index contributed by atoms with van der Waals surface area (Å²) in [5.74, 6) is -0.0350. The molecule has 0 saturated heterocycles. The third-order valence-electron chi connectivity index (χ3n) is 3.59. The Balaban J connectivity index is 1.74. The molecule has 0 radical (unpaired) electrons. The Morgan fingerprint density at radius 1 is 0.864 bits per heavy atom. The zero-order chi connectivity index (χ0) is 14.9. The van der Waals surface area contributed by atoms with Gasteiger partial charge in [-0.3, -0.25) is 0 Å². The molecule has 0 saturated carbocycles. The lowest BCUT2D eigenvalue weighted by atomic mass is 10.1. The molecule has 22 heavy (non-hydrogen) atoms. The fourth-order valence-corrected chi connectivity index (χ4v) is 2.48. The van der Waals surface area contributed by atoms with Gasteiger partial charge in [-0.15, -0.1) is 0 Å². The van der Waals surface area contributed by atoms with Crippen molar-refractivity contribution < 1.29 is 9.53 Å². The molecule has 1 aromatic heterocycles. The van der Waals surface area contributed by atoms with E-state index in [2.05, 4.69) is 9.98 Å². The van der Waals surface area contributed by atoms with Gasteiger partial charge in [-0.2, -0.15) is 0 Å². The van der Waals surface area contributed by atoms with E-state index in [0.717, 1.165) is 16.5 Å². The number of benzene rings is 2. The number of cyclic esters (lactones) is 1. The van der Waals surface area contributed by atoms with Crippen LogP contribution >= 0.6 is 0 Å². The Morgan fingerprint density at radius 2 is 1.64 bits per heavy atom. The van der Waals surface area contributed by atoms with Crippen LogP contribution in [0.1, 0.15) is 17.3 Å². The third kappa shape index (κ3) is 2.15. The molecule has 0 N–H and O–H groups in total. The predicted molar refractivity (Wildman–Crippen MR) is 83.6 cm³/mol. The number of carbonyl (C=O) groups is 1. The molecule has 0 fully saturated rings. The van der Waals surface area contributed by atoms with Crippen LogP contribution in [0.2, 0.25) is 0 Å². The number of pyridine rings is 1. The van der Waals surface area contributed by atoms with Gasteiger partial charge in [-0.1, -0.05) is 42.5 Å². The summed E-state index contributed by atoms with van der Waals surface area (Å²) in [6, 6.07) is 20.3. The smallest absolute Gasteiger partial charge is 0.344 e. The zero-order valence-electron chi connectivity index (χ0n) is 11.6. The van der Waals surface area contributed by atoms with Crippen molar-refractivity contribution in [1.29, 1.82) is 0 Å². The molecule has 106 valence electrons. The highest BCUT2D eigenvalue weighted by Crippen LogP contribution is 2.26. The first kappa shape index (κ1) is 12.7. The van der Waals surface area contributed by atoms with E-state index in [1.807, 2.05) is 66.7 Å². The van der Waals surface area contributed by atoms with E-state index in [1.54, 1.807) is 0 Å². The van der Waals surface area contributed by atoms with E-state index >= 15 is 0 Å². The van der Waals surface area contributed by atoms with Crippen molar-refractivity contribution in [2.75, 3.05) is 0 Å². The second-order valence-corrected chi connectivity index (χ2v) is 5.05. The molecule has 1 aliphatic rings. The molecule has 0 amide bonds. The summed E-state index contributed by atoms with van der Waals surface area (Å²) in [7, 11) is 0. The van der Waals surface area contributed by atoms with E-state index in [-0.39, 0.29) is 5.97 Å². The van der Waals surface area contributed by atoms with Crippen molar-refractivity contribution in [3.05, 3.63) is 78.0 Å². The first-order valence-electron chi connectivity index (χ1n) is 7.02. The van der Waals surface area contributed by atoms with Gasteiger partial charge in [0.25, 0.3) is 0 Å². The average Bonchev–Trinajstić information content (AvgIpc) is 2.97. The Morgan fingerprint density at radius 3 is 2.50 bits per heavy atom. The molecule has 0 bridgehead atoms. The molecule has 0 aliphatic carbocycles. The number of rotatable bonds is 2. The lowest BCUT2D eigenvalue weighted by Gasteiger charge is -2.04. The highest BCUT2D eigenvalue weighted by Gasteiger charge is 2.32. The number of ether oxygens (including phenoxy) is 1. The van der Waals surface area contributed by atoms with Crippen LogP contribution in [0, 0.1) is 0 Å². The minimum Gasteiger partial charge on any atom is -0.405 e. The molecule has 2 aromatic carbocycles. The summed E-state index contributed by atoms with van der Waals surface area (Å²) < 4.78 is 5.30. The number of aliphatic imine (C=N–C) groups is 1. The van der Waals surface area contributed by atoms with Crippen molar-refractivity contribution in [1.82, 2.24) is 4.98 Å². The molecule has 4 heteroatoms. The Labute approximate surface area is 127 Å². The molecule has 0 spiro atoms. The van der Waals surface area contributed by atoms with E-state index in [9.17, 15) is 4.79 Å². The molecular weight excluding hydrogens is 276 g/mol. The Hall–Kier alpha value is -3.01. The van der Waals surface area contributed by atoms with Crippen molar-refractivity contribution in [2.24, 2.45) is 4.99 Å². The lowest BCUT2D eigenvalue weighted by molar-refractivity contribution is -0.135. The monoisotopic (exact) mass is 288 g/mol. The van der Waals surface area contributed by atoms with Gasteiger partial charge in [0.2, 0.25) is 5.90 Å². The molecule has 4 rings (SSSR count). The summed E-state index contributed by atoms with van der Waals surface area (Å²) in [5.41, 5.74) is 2.24. The van der Waals surface area contributed by atoms with Crippen LogP contribution in [-0.2, 0) is 9.53 Å². The predicted octanol–water partition coefficient (Wildman–Crippen LogP) is 3.28. The minimum absolute atomic E-state index is 0.352. The number of hydrogen-bond acceptors (Lipinski definition) is 4. The summed E-state index contributed by atoms with van der Waals surface area (Å²) >= 11 is 0. The van der Waals surface area contributed by atoms with Gasteiger partial charge in [-0.05, 0) is 24.3 Å². The van der Waals surface area contributed by atoms with Crippen molar-refractivity contribution in [2.45, 2.75) is 6.04 Å². The van der Waals surface area contributed by atoms with E-state index in [0.29, 0.717) is 11.6 Å². The van der Waals surface area contributed by atoms with Crippen molar-refractivity contribution >= 4 is 22.8 Å². The number of carbonyl (C=O) groups excluding carboxylic acids is 1. The Bertz CT molecular complexity index is 888. The van der Waals surface area contributed by atoms with E-state index in [4.69, 9.17) is 4.74 Å². The zero-order valence-corrected chi connectivity index (χ0v) is 11.6. The summed E-state index contributed by atoms with van der Waals surface area (Å²) in [6.45, 7) is 0. The van der Waals surface area contributed by atoms with Gasteiger partial charge >= 0.3 is 5.97 Å². The maximum atomic E-state index is 12.1. The highest BCUT2D eigenvalue weighted by atomic mass is 16.6. The largest absolute Gasteiger partial charge is 0.405 e. The first-order chi connectivity index (χ1) is 10.8. The topological polar surface area (TPSA) is 51.5 Å². The van der Waals surface area contributed by atoms with Crippen LogP contribution in [0.5, 0.6) is 0 Å². The molecular formula is C18H12N2O2. The van der Waals surface area contributed by atoms with Gasteiger partial charge in [0, 0.05) is 10.9 Å². The second kappa shape index (κ2) is 5.07. The van der Waals surface area contributed by atoms with Gasteiger partial charge in [-0.25, -0.2) is 14.8 Å². The van der Waals surface area contributed by atoms with Crippen LogP contribution in [0.25, 0.3) is 10.9 Å². The van der Waals surface area contributed by atoms with Crippen LogP contribution in [0.4, 0.5) is 0 Å². The van der Waals surface area contributed by atoms with Gasteiger partial charge in [0.05, 0.1) is 11.2 Å². The molecule has 2 heterocycles. The van der Waals surface area contributed by atoms with E-state index in [1.165, 1.54) is 0 Å². The fraction of sp³-hybridized carbons (Fsp3) is 0.0556. The van der Waals surface area contributed by atoms with E-state index < -0.39 is 6.04 Å². The molecule has 1 unspecified atom stereocenters. The molecule has 1 atom stereocenters. The number of para-hydroxylation sites is 1. The van der Waals surface area contributed by atoms with Gasteiger partial charge in [0.15, 0.2) is 6.04 Å². The number of hydrogen-bond donors (Lipinski definition) is 0. The quantitative estimate of drug-likeness (QED) is 0.680. The maximum absolute atomic E-state index is 12.1. The molecule has 1 aliphatic heterocycles. The summed E-state index contributed by atoms with van der Waals surface area (Å²) in [6.07, 6.45) is 0. The van der Waals surface area contributed by atoms with Crippen LogP contribution < -0.4 is 0 Å². The third-order valence-corrected chi connectivity index (χ3v) is 3.59. The summed E-state index contributed by atoms with van der Waals surface area (Å²) in [5, 5.41) is 1.03. The molecule has 4 nitrogen and oxygen atoms in total. The van der Waals surface area contributed by atoms with Crippen LogP contribution in [-0.4, -0.2) is 16.9 Å². The fourth-order valence-electron chi connectivity index (χ4n) is 2.48. The second-order valence-electron chi connectivity index (χ2n) is 5.05. The SMILES string of the molecule is O=C1OC(c2ccccc2)=NC1c1ccc2ccccc2n1. The first-order valence-corrected chi connectivity index (χ1v) is 7.02. The number of aromatic nitrogens is 1. The van der Waals surface area contributed by atoms with Crippen molar-refractivity contribution in [3.8, 4) is 0 Å². The number of nitrogens with zero attached hydrogens (tertiary/aromatic N) is 2. The number of fused-ring (bicyclic) bond motifs is 1.